The Balaban J connectivity index is 1.50. The van der Waals surface area contributed by atoms with Crippen molar-refractivity contribution in [3.63, 3.8) is 0 Å². The SMILES string of the molecule is CC(C)(C)[Si](C)(C)OCc1cccc(CC2CCN(C(=O)OCc3ccccc3)CC2)c1F. The summed E-state index contributed by atoms with van der Waals surface area (Å²) in [6, 6.07) is 15.3. The summed E-state index contributed by atoms with van der Waals surface area (Å²) in [6.45, 7) is 12.8. The van der Waals surface area contributed by atoms with Crippen LogP contribution in [-0.4, -0.2) is 32.4 Å². The van der Waals surface area contributed by atoms with Crippen LogP contribution in [0.1, 0.15) is 50.3 Å². The van der Waals surface area contributed by atoms with E-state index in [-0.39, 0.29) is 23.6 Å². The molecule has 0 bridgehead atoms. The molecule has 0 unspecified atom stereocenters. The van der Waals surface area contributed by atoms with Gasteiger partial charge in [-0.15, -0.1) is 0 Å². The van der Waals surface area contributed by atoms with Gasteiger partial charge in [0.1, 0.15) is 12.4 Å². The van der Waals surface area contributed by atoms with Crippen molar-refractivity contribution in [2.24, 2.45) is 5.92 Å². The Labute approximate surface area is 199 Å². The quantitative estimate of drug-likeness (QED) is 0.411. The smallest absolute Gasteiger partial charge is 0.410 e. The largest absolute Gasteiger partial charge is 0.445 e. The number of benzene rings is 2. The van der Waals surface area contributed by atoms with Gasteiger partial charge < -0.3 is 14.1 Å². The summed E-state index contributed by atoms with van der Waals surface area (Å²) >= 11 is 0. The zero-order valence-corrected chi connectivity index (χ0v) is 21.7. The summed E-state index contributed by atoms with van der Waals surface area (Å²) in [6.07, 6.45) is 2.12. The van der Waals surface area contributed by atoms with Crippen LogP contribution >= 0.6 is 0 Å². The lowest BCUT2D eigenvalue weighted by Crippen LogP contribution is -2.40. The van der Waals surface area contributed by atoms with Crippen LogP contribution in [0.4, 0.5) is 9.18 Å². The van der Waals surface area contributed by atoms with Crippen molar-refractivity contribution in [1.82, 2.24) is 4.90 Å². The molecule has 2 aromatic rings. The molecule has 33 heavy (non-hydrogen) atoms. The molecule has 0 aliphatic carbocycles. The number of piperidine rings is 1. The van der Waals surface area contributed by atoms with Gasteiger partial charge in [0.05, 0.1) is 6.61 Å². The Bertz CT molecular complexity index is 919. The van der Waals surface area contributed by atoms with Crippen LogP contribution in [0.3, 0.4) is 0 Å². The van der Waals surface area contributed by atoms with Gasteiger partial charge in [-0.05, 0) is 54.4 Å². The molecular formula is C27H38FNO3Si. The van der Waals surface area contributed by atoms with Crippen LogP contribution in [0.15, 0.2) is 48.5 Å². The van der Waals surface area contributed by atoms with Gasteiger partial charge in [0.25, 0.3) is 0 Å². The highest BCUT2D eigenvalue weighted by molar-refractivity contribution is 6.74. The molecule has 0 aromatic heterocycles. The summed E-state index contributed by atoms with van der Waals surface area (Å²) in [5.74, 6) is 0.218. The third-order valence-corrected chi connectivity index (χ3v) is 11.6. The summed E-state index contributed by atoms with van der Waals surface area (Å²) in [5.41, 5.74) is 2.37. The number of likely N-dealkylation sites (tertiary alicyclic amines) is 1. The fourth-order valence-electron chi connectivity index (χ4n) is 3.82. The lowest BCUT2D eigenvalue weighted by molar-refractivity contribution is 0.0822. The van der Waals surface area contributed by atoms with Crippen LogP contribution < -0.4 is 0 Å². The van der Waals surface area contributed by atoms with E-state index in [1.165, 1.54) is 0 Å². The molecule has 0 radical (unpaired) electrons. The van der Waals surface area contributed by atoms with Gasteiger partial charge in [-0.2, -0.15) is 0 Å². The van der Waals surface area contributed by atoms with E-state index < -0.39 is 8.32 Å². The summed E-state index contributed by atoms with van der Waals surface area (Å²) in [7, 11) is -1.93. The Morgan fingerprint density at radius 2 is 1.64 bits per heavy atom. The number of ether oxygens (including phenoxy) is 1. The third kappa shape index (κ3) is 6.90. The normalized spacial score (nSPS) is 15.5. The molecule has 1 aliphatic rings. The summed E-state index contributed by atoms with van der Waals surface area (Å²) in [4.78, 5) is 14.2. The van der Waals surface area contributed by atoms with E-state index in [1.807, 2.05) is 48.5 Å². The second-order valence-corrected chi connectivity index (χ2v) is 15.4. The zero-order chi connectivity index (χ0) is 24.1. The molecule has 1 saturated heterocycles. The van der Waals surface area contributed by atoms with Crippen LogP contribution in [0.2, 0.25) is 18.1 Å². The van der Waals surface area contributed by atoms with Crippen LogP contribution in [0, 0.1) is 11.7 Å². The van der Waals surface area contributed by atoms with Gasteiger partial charge in [0.2, 0.25) is 0 Å². The number of hydrogen-bond acceptors (Lipinski definition) is 3. The van der Waals surface area contributed by atoms with Gasteiger partial charge >= 0.3 is 6.09 Å². The van der Waals surface area contributed by atoms with E-state index in [0.29, 0.717) is 37.6 Å². The van der Waals surface area contributed by atoms with E-state index in [9.17, 15) is 4.79 Å². The minimum Gasteiger partial charge on any atom is -0.445 e. The Morgan fingerprint density at radius 1 is 1.00 bits per heavy atom. The maximum Gasteiger partial charge on any atom is 0.410 e. The first-order chi connectivity index (χ1) is 15.6. The highest BCUT2D eigenvalue weighted by Crippen LogP contribution is 2.37. The number of halogens is 1. The predicted molar refractivity (Wildman–Crippen MR) is 133 cm³/mol. The standard InChI is InChI=1S/C27H38FNO3Si/c1-27(2,3)33(4,5)32-20-24-13-9-12-23(25(24)28)18-21-14-16-29(17-15-21)26(30)31-19-22-10-7-6-8-11-22/h6-13,21H,14-20H2,1-5H3. The Hall–Kier alpha value is -2.18. The highest BCUT2D eigenvalue weighted by Gasteiger charge is 2.37. The van der Waals surface area contributed by atoms with Gasteiger partial charge in [-0.25, -0.2) is 9.18 Å². The fourth-order valence-corrected chi connectivity index (χ4v) is 4.77. The van der Waals surface area contributed by atoms with Gasteiger partial charge in [-0.1, -0.05) is 69.3 Å². The lowest BCUT2D eigenvalue weighted by Gasteiger charge is -2.36. The van der Waals surface area contributed by atoms with Crippen molar-refractivity contribution in [1.29, 1.82) is 0 Å². The van der Waals surface area contributed by atoms with E-state index in [4.69, 9.17) is 9.16 Å². The maximum atomic E-state index is 15.2. The molecule has 3 rings (SSSR count). The maximum absolute atomic E-state index is 15.2. The van der Waals surface area contributed by atoms with Crippen molar-refractivity contribution < 1.29 is 18.3 Å². The van der Waals surface area contributed by atoms with Crippen molar-refractivity contribution in [2.45, 2.75) is 71.4 Å². The van der Waals surface area contributed by atoms with Crippen molar-refractivity contribution >= 4 is 14.4 Å². The molecule has 180 valence electrons. The molecule has 6 heteroatoms. The van der Waals surface area contributed by atoms with Crippen LogP contribution in [0.25, 0.3) is 0 Å². The number of hydrogen-bond donors (Lipinski definition) is 0. The summed E-state index contributed by atoms with van der Waals surface area (Å²) < 4.78 is 26.9. The fraction of sp³-hybridized carbons (Fsp3) is 0.519. The second kappa shape index (κ2) is 10.8. The monoisotopic (exact) mass is 471 g/mol. The predicted octanol–water partition coefficient (Wildman–Crippen LogP) is 6.94. The number of carbonyl (C=O) groups is 1. The number of amides is 1. The third-order valence-electron chi connectivity index (χ3n) is 7.14. The molecule has 0 atom stereocenters. The number of carbonyl (C=O) groups excluding carboxylic acids is 1. The van der Waals surface area contributed by atoms with Crippen LogP contribution in [-0.2, 0) is 28.8 Å². The first-order valence-electron chi connectivity index (χ1n) is 11.9. The molecule has 1 fully saturated rings. The van der Waals surface area contributed by atoms with Crippen molar-refractivity contribution in [3.8, 4) is 0 Å². The molecular weight excluding hydrogens is 433 g/mol. The molecule has 1 amide bonds. The highest BCUT2D eigenvalue weighted by atomic mass is 28.4. The Kier molecular flexibility index (Phi) is 8.35. The van der Waals surface area contributed by atoms with E-state index in [2.05, 4.69) is 33.9 Å². The molecule has 2 aromatic carbocycles. The van der Waals surface area contributed by atoms with E-state index in [0.717, 1.165) is 24.0 Å². The molecule has 4 nitrogen and oxygen atoms in total. The van der Waals surface area contributed by atoms with Crippen molar-refractivity contribution in [3.05, 3.63) is 71.0 Å². The minimum atomic E-state index is -1.93. The van der Waals surface area contributed by atoms with Gasteiger partial charge in [-0.3, -0.25) is 0 Å². The zero-order valence-electron chi connectivity index (χ0n) is 20.7. The first kappa shape index (κ1) is 25.4. The molecule has 0 spiro atoms. The lowest BCUT2D eigenvalue weighted by atomic mass is 9.89. The van der Waals surface area contributed by atoms with Gasteiger partial charge in [0, 0.05) is 18.7 Å². The molecule has 0 saturated carbocycles. The average Bonchev–Trinajstić information content (AvgIpc) is 2.78. The van der Waals surface area contributed by atoms with Crippen LogP contribution in [0.5, 0.6) is 0 Å². The van der Waals surface area contributed by atoms with Crippen molar-refractivity contribution in [2.75, 3.05) is 13.1 Å². The topological polar surface area (TPSA) is 38.8 Å². The molecule has 1 aliphatic heterocycles. The number of nitrogens with zero attached hydrogens (tertiary/aromatic N) is 1. The minimum absolute atomic E-state index is 0.0945. The second-order valence-electron chi connectivity index (χ2n) is 10.6. The average molecular weight is 472 g/mol. The Morgan fingerprint density at radius 3 is 2.27 bits per heavy atom. The summed E-state index contributed by atoms with van der Waals surface area (Å²) in [5, 5.41) is 0.0945. The van der Waals surface area contributed by atoms with Gasteiger partial charge in [0.15, 0.2) is 8.32 Å². The van der Waals surface area contributed by atoms with E-state index >= 15 is 4.39 Å². The number of rotatable bonds is 7. The first-order valence-corrected chi connectivity index (χ1v) is 14.8. The molecule has 0 N–H and O–H groups in total. The molecule has 1 heterocycles. The van der Waals surface area contributed by atoms with E-state index in [1.54, 1.807) is 4.90 Å².